The zero-order valence-corrected chi connectivity index (χ0v) is 15.1. The van der Waals surface area contributed by atoms with Crippen molar-refractivity contribution >= 4 is 28.5 Å². The lowest BCUT2D eigenvalue weighted by Crippen LogP contribution is -2.24. The molecule has 0 aliphatic carbocycles. The van der Waals surface area contributed by atoms with Gasteiger partial charge in [-0.1, -0.05) is 6.92 Å². The summed E-state index contributed by atoms with van der Waals surface area (Å²) >= 11 is 0. The molecule has 2 aromatic rings. The van der Waals surface area contributed by atoms with Crippen molar-refractivity contribution in [3.63, 3.8) is 0 Å². The van der Waals surface area contributed by atoms with Gasteiger partial charge in [0.05, 0.1) is 17.9 Å². The number of amides is 1. The highest BCUT2D eigenvalue weighted by Crippen LogP contribution is 2.32. The lowest BCUT2D eigenvalue weighted by Gasteiger charge is -2.18. The number of carbonyl (C=O) groups excluding carboxylic acids is 1. The number of fused-ring (bicyclic) bond motifs is 1. The van der Waals surface area contributed by atoms with Crippen LogP contribution in [0.4, 0.5) is 25.8 Å². The average molecular weight is 373 g/mol. The minimum Gasteiger partial charge on any atom is -0.383 e. The normalized spacial score (nSPS) is 15.4. The van der Waals surface area contributed by atoms with Gasteiger partial charge in [-0.15, -0.1) is 0 Å². The van der Waals surface area contributed by atoms with Gasteiger partial charge in [-0.2, -0.15) is 0 Å². The Bertz CT molecular complexity index is 884. The first-order valence-electron chi connectivity index (χ1n) is 8.64. The second-order valence-corrected chi connectivity index (χ2v) is 6.25. The Hall–Kier alpha value is -2.93. The molecular weight excluding hydrogens is 352 g/mol. The topological polar surface area (TPSA) is 62.4 Å². The summed E-state index contributed by atoms with van der Waals surface area (Å²) in [6.45, 7) is 2.47. The standard InChI is InChI=1S/C20H21F2N3O2/c1-3-13(11-27-2)24-19-7-5-14(9-17(19)22)23-10-16-15-8-12(21)4-6-18(15)25-20(16)26/h4-10,13,23-24H,3,11H2,1-2H3,(H,25,26)/b16-10-. The molecule has 1 unspecified atom stereocenters. The molecule has 0 fully saturated rings. The zero-order chi connectivity index (χ0) is 19.4. The number of rotatable bonds is 7. The largest absolute Gasteiger partial charge is 0.383 e. The fraction of sp³-hybridized carbons (Fsp3) is 0.250. The van der Waals surface area contributed by atoms with E-state index >= 15 is 0 Å². The second-order valence-electron chi connectivity index (χ2n) is 6.25. The van der Waals surface area contributed by atoms with Gasteiger partial charge in [0.15, 0.2) is 0 Å². The van der Waals surface area contributed by atoms with Crippen molar-refractivity contribution in [2.24, 2.45) is 0 Å². The van der Waals surface area contributed by atoms with Crippen molar-refractivity contribution < 1.29 is 18.3 Å². The van der Waals surface area contributed by atoms with E-state index in [1.807, 2.05) is 6.92 Å². The summed E-state index contributed by atoms with van der Waals surface area (Å²) in [6.07, 6.45) is 2.24. The molecule has 0 aromatic heterocycles. The molecule has 142 valence electrons. The molecular formula is C20H21F2N3O2. The van der Waals surface area contributed by atoms with Crippen LogP contribution in [0.25, 0.3) is 5.57 Å². The number of nitrogens with one attached hydrogen (secondary N) is 3. The Morgan fingerprint density at radius 3 is 2.74 bits per heavy atom. The van der Waals surface area contributed by atoms with Gasteiger partial charge in [0.1, 0.15) is 11.6 Å². The lowest BCUT2D eigenvalue weighted by molar-refractivity contribution is -0.110. The first-order chi connectivity index (χ1) is 13.0. The maximum absolute atomic E-state index is 14.4. The highest BCUT2D eigenvalue weighted by Gasteiger charge is 2.24. The van der Waals surface area contributed by atoms with Crippen LogP contribution in [0.15, 0.2) is 42.6 Å². The van der Waals surface area contributed by atoms with E-state index in [-0.39, 0.29) is 11.9 Å². The van der Waals surface area contributed by atoms with Crippen molar-refractivity contribution in [2.45, 2.75) is 19.4 Å². The SMILES string of the molecule is CCC(COC)Nc1ccc(N/C=C2\C(=O)Nc3ccc(F)cc32)cc1F. The van der Waals surface area contributed by atoms with Crippen LogP contribution in [0.1, 0.15) is 18.9 Å². The monoisotopic (exact) mass is 373 g/mol. The van der Waals surface area contributed by atoms with E-state index in [9.17, 15) is 13.6 Å². The molecule has 1 aliphatic rings. The smallest absolute Gasteiger partial charge is 0.257 e. The second kappa shape index (κ2) is 8.18. The van der Waals surface area contributed by atoms with Gasteiger partial charge in [-0.3, -0.25) is 4.79 Å². The maximum atomic E-state index is 14.4. The van der Waals surface area contributed by atoms with Crippen LogP contribution in [0.3, 0.4) is 0 Å². The van der Waals surface area contributed by atoms with E-state index in [4.69, 9.17) is 4.74 Å². The molecule has 5 nitrogen and oxygen atoms in total. The minimum absolute atomic E-state index is 0.0130. The Kier molecular flexibility index (Phi) is 5.71. The van der Waals surface area contributed by atoms with Gasteiger partial charge in [0.25, 0.3) is 5.91 Å². The predicted molar refractivity (Wildman–Crippen MR) is 103 cm³/mol. The molecule has 0 saturated heterocycles. The molecule has 27 heavy (non-hydrogen) atoms. The fourth-order valence-electron chi connectivity index (χ4n) is 2.86. The number of hydrogen-bond acceptors (Lipinski definition) is 4. The van der Waals surface area contributed by atoms with Crippen LogP contribution >= 0.6 is 0 Å². The van der Waals surface area contributed by atoms with Gasteiger partial charge in [-0.25, -0.2) is 8.78 Å². The van der Waals surface area contributed by atoms with E-state index in [2.05, 4.69) is 16.0 Å². The average Bonchev–Trinajstić information content (AvgIpc) is 2.95. The lowest BCUT2D eigenvalue weighted by atomic mass is 10.1. The molecule has 0 spiro atoms. The Morgan fingerprint density at radius 1 is 1.22 bits per heavy atom. The zero-order valence-electron chi connectivity index (χ0n) is 15.1. The quantitative estimate of drug-likeness (QED) is 0.637. The van der Waals surface area contributed by atoms with Gasteiger partial charge >= 0.3 is 0 Å². The van der Waals surface area contributed by atoms with Gasteiger partial charge in [0.2, 0.25) is 0 Å². The van der Waals surface area contributed by atoms with E-state index in [1.54, 1.807) is 19.2 Å². The fourth-order valence-corrected chi connectivity index (χ4v) is 2.86. The third-order valence-corrected chi connectivity index (χ3v) is 4.34. The molecule has 3 rings (SSSR count). The molecule has 7 heteroatoms. The number of anilines is 3. The van der Waals surface area contributed by atoms with Crippen molar-refractivity contribution in [2.75, 3.05) is 29.7 Å². The molecule has 1 amide bonds. The third kappa shape index (κ3) is 4.25. The maximum Gasteiger partial charge on any atom is 0.257 e. The summed E-state index contributed by atoms with van der Waals surface area (Å²) in [6, 6.07) is 8.74. The summed E-state index contributed by atoms with van der Waals surface area (Å²) in [4.78, 5) is 12.1. The molecule has 0 bridgehead atoms. The highest BCUT2D eigenvalue weighted by molar-refractivity contribution is 6.31. The molecule has 0 radical (unpaired) electrons. The van der Waals surface area contributed by atoms with Crippen LogP contribution in [-0.2, 0) is 9.53 Å². The summed E-state index contributed by atoms with van der Waals surface area (Å²) in [5.41, 5.74) is 2.16. The summed E-state index contributed by atoms with van der Waals surface area (Å²) < 4.78 is 32.9. The van der Waals surface area contributed by atoms with Crippen LogP contribution in [0.5, 0.6) is 0 Å². The van der Waals surface area contributed by atoms with E-state index in [0.29, 0.717) is 34.8 Å². The van der Waals surface area contributed by atoms with E-state index < -0.39 is 11.6 Å². The van der Waals surface area contributed by atoms with Crippen molar-refractivity contribution in [3.05, 3.63) is 59.8 Å². The van der Waals surface area contributed by atoms with Crippen molar-refractivity contribution in [3.8, 4) is 0 Å². The first-order valence-corrected chi connectivity index (χ1v) is 8.64. The number of hydrogen-bond donors (Lipinski definition) is 3. The van der Waals surface area contributed by atoms with Crippen molar-refractivity contribution in [1.29, 1.82) is 0 Å². The van der Waals surface area contributed by atoms with E-state index in [0.717, 1.165) is 6.42 Å². The number of ether oxygens (including phenoxy) is 1. The molecule has 0 saturated carbocycles. The Morgan fingerprint density at radius 2 is 2.04 bits per heavy atom. The van der Waals surface area contributed by atoms with Gasteiger partial charge in [-0.05, 0) is 42.8 Å². The number of halogens is 2. The Balaban J connectivity index is 1.76. The third-order valence-electron chi connectivity index (χ3n) is 4.34. The van der Waals surface area contributed by atoms with Crippen LogP contribution in [-0.4, -0.2) is 25.7 Å². The minimum atomic E-state index is -0.431. The van der Waals surface area contributed by atoms with Gasteiger partial charge < -0.3 is 20.7 Å². The highest BCUT2D eigenvalue weighted by atomic mass is 19.1. The molecule has 2 aromatic carbocycles. The summed E-state index contributed by atoms with van der Waals surface area (Å²) in [5.74, 6) is -1.19. The van der Waals surface area contributed by atoms with Gasteiger partial charge in [0, 0.05) is 36.3 Å². The predicted octanol–water partition coefficient (Wildman–Crippen LogP) is 4.21. The number of carbonyl (C=O) groups is 1. The molecule has 1 atom stereocenters. The van der Waals surface area contributed by atoms with Crippen LogP contribution < -0.4 is 16.0 Å². The Labute approximate surface area is 156 Å². The molecule has 1 heterocycles. The van der Waals surface area contributed by atoms with Crippen LogP contribution in [0, 0.1) is 11.6 Å². The number of methoxy groups -OCH3 is 1. The molecule has 1 aliphatic heterocycles. The first kappa shape index (κ1) is 18.8. The molecule has 3 N–H and O–H groups in total. The summed E-state index contributed by atoms with van der Waals surface area (Å²) in [7, 11) is 1.60. The summed E-state index contributed by atoms with van der Waals surface area (Å²) in [5, 5.41) is 8.66. The van der Waals surface area contributed by atoms with Crippen molar-refractivity contribution in [1.82, 2.24) is 0 Å². The number of benzene rings is 2. The van der Waals surface area contributed by atoms with Crippen LogP contribution in [0.2, 0.25) is 0 Å². The van der Waals surface area contributed by atoms with E-state index in [1.165, 1.54) is 30.5 Å².